The van der Waals surface area contributed by atoms with Crippen LogP contribution in [0.5, 0.6) is 0 Å². The Labute approximate surface area is 149 Å². The summed E-state index contributed by atoms with van der Waals surface area (Å²) in [5, 5.41) is 0.0121. The second-order valence-electron chi connectivity index (χ2n) is 6.13. The van der Waals surface area contributed by atoms with Crippen molar-refractivity contribution in [2.24, 2.45) is 0 Å². The summed E-state index contributed by atoms with van der Waals surface area (Å²) >= 11 is 6.09. The monoisotopic (exact) mass is 378 g/mol. The van der Waals surface area contributed by atoms with E-state index in [1.54, 1.807) is 12.1 Å². The molecule has 1 aromatic carbocycles. The van der Waals surface area contributed by atoms with E-state index >= 15 is 0 Å². The Hall–Kier alpha value is -1.36. The van der Waals surface area contributed by atoms with E-state index in [-0.39, 0.29) is 10.6 Å². The second kappa shape index (κ2) is 7.90. The van der Waals surface area contributed by atoms with E-state index in [1.165, 1.54) is 6.07 Å². The van der Waals surface area contributed by atoms with Gasteiger partial charge >= 0.3 is 11.8 Å². The summed E-state index contributed by atoms with van der Waals surface area (Å²) in [6, 6.07) is 4.53. The number of allylic oxidation sites excluding steroid dienone is 4. The summed E-state index contributed by atoms with van der Waals surface area (Å²) < 4.78 is 69.4. The fraction of sp³-hybridized carbons (Fsp3) is 0.474. The molecule has 0 saturated heterocycles. The molecule has 2 rings (SSSR count). The summed E-state index contributed by atoms with van der Waals surface area (Å²) in [6.07, 6.45) is 4.84. The minimum absolute atomic E-state index is 0.0121. The van der Waals surface area contributed by atoms with Crippen LogP contribution >= 0.6 is 11.6 Å². The lowest BCUT2D eigenvalue weighted by molar-refractivity contribution is -0.150. The molecule has 0 aromatic heterocycles. The minimum Gasteiger partial charge on any atom is -0.251 e. The van der Waals surface area contributed by atoms with Gasteiger partial charge < -0.3 is 0 Å². The lowest BCUT2D eigenvalue weighted by Gasteiger charge is -2.33. The van der Waals surface area contributed by atoms with Crippen molar-refractivity contribution < 1.29 is 22.0 Å². The number of hydrogen-bond acceptors (Lipinski definition) is 0. The zero-order valence-corrected chi connectivity index (χ0v) is 14.7. The first-order valence-electron chi connectivity index (χ1n) is 8.28. The molecule has 0 aliphatic heterocycles. The zero-order valence-electron chi connectivity index (χ0n) is 13.9. The van der Waals surface area contributed by atoms with Crippen LogP contribution in [0.25, 0.3) is 5.57 Å². The third-order valence-corrected chi connectivity index (χ3v) is 4.66. The number of halogens is 6. The molecule has 0 saturated carbocycles. The first-order chi connectivity index (χ1) is 11.8. The van der Waals surface area contributed by atoms with Gasteiger partial charge in [-0.3, -0.25) is 4.39 Å². The van der Waals surface area contributed by atoms with Crippen LogP contribution in [0.3, 0.4) is 0 Å². The van der Waals surface area contributed by atoms with Crippen LogP contribution in [0.2, 0.25) is 5.02 Å². The van der Waals surface area contributed by atoms with Gasteiger partial charge in [0, 0.05) is 28.2 Å². The molecular formula is C19H20ClF5. The van der Waals surface area contributed by atoms with Crippen LogP contribution in [0, 0.1) is 0 Å². The molecule has 0 amide bonds. The molecule has 25 heavy (non-hydrogen) atoms. The van der Waals surface area contributed by atoms with Crippen LogP contribution in [0.4, 0.5) is 22.0 Å². The van der Waals surface area contributed by atoms with Crippen molar-refractivity contribution >= 4 is 17.2 Å². The average Bonchev–Trinajstić information content (AvgIpc) is 2.54. The smallest absolute Gasteiger partial charge is 0.251 e. The second-order valence-corrected chi connectivity index (χ2v) is 6.54. The van der Waals surface area contributed by atoms with Gasteiger partial charge in [-0.15, -0.1) is 0 Å². The van der Waals surface area contributed by atoms with Crippen LogP contribution in [-0.4, -0.2) is 18.5 Å². The SMILES string of the molecule is CCCCCc1ccc(C2=CC=C(CCF)C(F)(F)C2(F)F)c(Cl)c1. The van der Waals surface area contributed by atoms with Gasteiger partial charge in [-0.05, 0) is 24.5 Å². The molecule has 0 unspecified atom stereocenters. The van der Waals surface area contributed by atoms with Crippen LogP contribution in [-0.2, 0) is 6.42 Å². The average molecular weight is 379 g/mol. The molecule has 0 radical (unpaired) electrons. The Morgan fingerprint density at radius 1 is 0.960 bits per heavy atom. The Bertz CT molecular complexity index is 676. The molecule has 0 heterocycles. The van der Waals surface area contributed by atoms with E-state index in [1.807, 2.05) is 0 Å². The summed E-state index contributed by atoms with van der Waals surface area (Å²) in [5.74, 6) is -8.88. The number of alkyl halides is 5. The Balaban J connectivity index is 2.37. The van der Waals surface area contributed by atoms with Crippen LogP contribution in [0.15, 0.2) is 35.9 Å². The molecule has 1 aromatic rings. The molecule has 0 spiro atoms. The van der Waals surface area contributed by atoms with E-state index in [0.29, 0.717) is 0 Å². The largest absolute Gasteiger partial charge is 0.340 e. The van der Waals surface area contributed by atoms with Gasteiger partial charge in [-0.2, -0.15) is 17.6 Å². The van der Waals surface area contributed by atoms with E-state index in [2.05, 4.69) is 6.92 Å². The molecular weight excluding hydrogens is 359 g/mol. The quantitative estimate of drug-likeness (QED) is 0.353. The molecule has 0 nitrogen and oxygen atoms in total. The van der Waals surface area contributed by atoms with E-state index in [9.17, 15) is 22.0 Å². The number of rotatable bonds is 7. The molecule has 0 bridgehead atoms. The normalized spacial score (nSPS) is 18.7. The number of unbranched alkanes of at least 4 members (excludes halogenated alkanes) is 2. The molecule has 138 valence electrons. The van der Waals surface area contributed by atoms with Crippen molar-refractivity contribution in [2.75, 3.05) is 6.67 Å². The van der Waals surface area contributed by atoms with E-state index < -0.39 is 36.1 Å². The summed E-state index contributed by atoms with van der Waals surface area (Å²) in [7, 11) is 0. The first kappa shape index (κ1) is 20.0. The minimum atomic E-state index is -4.44. The van der Waals surface area contributed by atoms with Gasteiger partial charge in [0.15, 0.2) is 0 Å². The van der Waals surface area contributed by atoms with Gasteiger partial charge in [0.25, 0.3) is 0 Å². The van der Waals surface area contributed by atoms with Crippen molar-refractivity contribution in [3.05, 3.63) is 52.1 Å². The highest BCUT2D eigenvalue weighted by atomic mass is 35.5. The van der Waals surface area contributed by atoms with Crippen molar-refractivity contribution in [3.8, 4) is 0 Å². The first-order valence-corrected chi connectivity index (χ1v) is 8.65. The standard InChI is InChI=1S/C19H20ClF5/c1-2-3-4-5-13-6-8-15(17(20)12-13)16-9-7-14(10-11-21)18(22,23)19(16,24)25/h6-9,12H,2-5,10-11H2,1H3. The number of aryl methyl sites for hydroxylation is 1. The predicted octanol–water partition coefficient (Wildman–Crippen LogP) is 7.03. The lowest BCUT2D eigenvalue weighted by atomic mass is 9.85. The maximum absolute atomic E-state index is 14.4. The van der Waals surface area contributed by atoms with Crippen molar-refractivity contribution in [3.63, 3.8) is 0 Å². The fourth-order valence-corrected chi connectivity index (χ4v) is 3.18. The van der Waals surface area contributed by atoms with Crippen molar-refractivity contribution in [1.29, 1.82) is 0 Å². The Morgan fingerprint density at radius 3 is 2.28 bits per heavy atom. The zero-order chi connectivity index (χ0) is 18.7. The summed E-state index contributed by atoms with van der Waals surface area (Å²) in [4.78, 5) is 0. The van der Waals surface area contributed by atoms with Gasteiger partial charge in [0.1, 0.15) is 0 Å². The van der Waals surface area contributed by atoms with Crippen molar-refractivity contribution in [2.45, 2.75) is 50.9 Å². The topological polar surface area (TPSA) is 0 Å². The highest BCUT2D eigenvalue weighted by Gasteiger charge is 2.62. The molecule has 1 aliphatic carbocycles. The Kier molecular flexibility index (Phi) is 6.30. The summed E-state index contributed by atoms with van der Waals surface area (Å²) in [5.41, 5.74) is -0.996. The lowest BCUT2D eigenvalue weighted by Crippen LogP contribution is -2.44. The summed E-state index contributed by atoms with van der Waals surface area (Å²) in [6.45, 7) is 0.951. The van der Waals surface area contributed by atoms with Gasteiger partial charge in [-0.25, -0.2) is 0 Å². The maximum atomic E-state index is 14.4. The molecule has 0 fully saturated rings. The third kappa shape index (κ3) is 3.91. The van der Waals surface area contributed by atoms with Crippen LogP contribution in [0.1, 0.15) is 43.7 Å². The van der Waals surface area contributed by atoms with E-state index in [4.69, 9.17) is 11.6 Å². The van der Waals surface area contributed by atoms with Gasteiger partial charge in [0.05, 0.1) is 6.67 Å². The van der Waals surface area contributed by atoms with Gasteiger partial charge in [0.2, 0.25) is 0 Å². The van der Waals surface area contributed by atoms with Crippen molar-refractivity contribution in [1.82, 2.24) is 0 Å². The third-order valence-electron chi connectivity index (χ3n) is 4.34. The highest BCUT2D eigenvalue weighted by molar-refractivity contribution is 6.32. The molecule has 0 atom stereocenters. The molecule has 1 aliphatic rings. The predicted molar refractivity (Wildman–Crippen MR) is 91.2 cm³/mol. The fourth-order valence-electron chi connectivity index (χ4n) is 2.88. The van der Waals surface area contributed by atoms with Gasteiger partial charge in [-0.1, -0.05) is 55.7 Å². The number of benzene rings is 1. The Morgan fingerprint density at radius 2 is 1.68 bits per heavy atom. The number of hydrogen-bond donors (Lipinski definition) is 0. The van der Waals surface area contributed by atoms with Crippen LogP contribution < -0.4 is 0 Å². The molecule has 6 heteroatoms. The molecule has 0 N–H and O–H groups in total. The van der Waals surface area contributed by atoms with E-state index in [0.717, 1.165) is 43.4 Å². The highest BCUT2D eigenvalue weighted by Crippen LogP contribution is 2.52. The maximum Gasteiger partial charge on any atom is 0.340 e.